The predicted octanol–water partition coefficient (Wildman–Crippen LogP) is 1.94. The van der Waals surface area contributed by atoms with Crippen LogP contribution in [-0.4, -0.2) is 47.7 Å². The molecule has 0 saturated carbocycles. The van der Waals surface area contributed by atoms with Crippen molar-refractivity contribution in [3.63, 3.8) is 0 Å². The van der Waals surface area contributed by atoms with Gasteiger partial charge in [0.05, 0.1) is 25.9 Å². The predicted molar refractivity (Wildman–Crippen MR) is 64.8 cm³/mol. The summed E-state index contributed by atoms with van der Waals surface area (Å²) in [6, 6.07) is 0.964. The number of rotatable bonds is 9. The number of hydrogen-bond donors (Lipinski definition) is 0. The van der Waals surface area contributed by atoms with Gasteiger partial charge in [-0.15, -0.1) is 0 Å². The Kier molecular flexibility index (Phi) is 5.92. The molecule has 3 unspecified atom stereocenters. The van der Waals surface area contributed by atoms with Crippen LogP contribution in [0.25, 0.3) is 0 Å². The molecular weight excluding hydrogens is 224 g/mol. The minimum absolute atomic E-state index is 0.165. The highest BCUT2D eigenvalue weighted by Crippen LogP contribution is 2.15. The highest BCUT2D eigenvalue weighted by Gasteiger charge is 2.29. The van der Waals surface area contributed by atoms with E-state index in [0.717, 1.165) is 19.1 Å². The summed E-state index contributed by atoms with van der Waals surface area (Å²) in [6.45, 7) is 8.47. The molecule has 3 atom stereocenters. The van der Waals surface area contributed by atoms with Gasteiger partial charge in [-0.3, -0.25) is 0 Å². The van der Waals surface area contributed by atoms with E-state index in [1.165, 1.54) is 0 Å². The van der Waals surface area contributed by atoms with Gasteiger partial charge in [0.1, 0.15) is 6.10 Å². The van der Waals surface area contributed by atoms with Gasteiger partial charge in [-0.25, -0.2) is 0 Å². The number of hydrogen-bond acceptors (Lipinski definition) is 4. The van der Waals surface area contributed by atoms with Gasteiger partial charge in [-0.05, 0) is 19.0 Å². The van der Waals surface area contributed by atoms with E-state index in [4.69, 9.17) is 18.3 Å². The monoisotopic (exact) mass is 248 g/mol. The van der Waals surface area contributed by atoms with Crippen LogP contribution in [-0.2, 0) is 18.3 Å². The van der Waals surface area contributed by atoms with Crippen LogP contribution in [0.15, 0.2) is 0 Å². The van der Waals surface area contributed by atoms with Gasteiger partial charge in [-0.2, -0.15) is 0 Å². The van der Waals surface area contributed by atoms with Gasteiger partial charge in [0, 0.05) is 7.11 Å². The highest BCUT2D eigenvalue weighted by molar-refractivity contribution is 6.65. The first-order valence-electron chi connectivity index (χ1n) is 6.05. The first kappa shape index (κ1) is 14.1. The molecule has 4 nitrogen and oxygen atoms in total. The number of ether oxygens (including phenoxy) is 2. The molecule has 96 valence electrons. The van der Waals surface area contributed by atoms with E-state index in [0.29, 0.717) is 19.3 Å². The molecular formula is C11H24O4Si. The summed E-state index contributed by atoms with van der Waals surface area (Å²) < 4.78 is 22.2. The van der Waals surface area contributed by atoms with Gasteiger partial charge < -0.3 is 18.3 Å². The maximum Gasteiger partial charge on any atom is 0.334 e. The summed E-state index contributed by atoms with van der Waals surface area (Å²) in [7, 11) is -0.197. The van der Waals surface area contributed by atoms with Gasteiger partial charge >= 0.3 is 8.56 Å². The molecule has 0 bridgehead atoms. The molecule has 0 radical (unpaired) electrons. The molecule has 1 fully saturated rings. The van der Waals surface area contributed by atoms with Crippen LogP contribution in [0.2, 0.25) is 12.6 Å². The van der Waals surface area contributed by atoms with Crippen molar-refractivity contribution in [1.82, 2.24) is 0 Å². The van der Waals surface area contributed by atoms with Crippen molar-refractivity contribution < 1.29 is 18.3 Å². The summed E-state index contributed by atoms with van der Waals surface area (Å²) in [4.78, 5) is 0. The molecule has 1 saturated heterocycles. The Balaban J connectivity index is 2.20. The first-order chi connectivity index (χ1) is 7.63. The van der Waals surface area contributed by atoms with Crippen molar-refractivity contribution in [3.8, 4) is 0 Å². The third-order valence-electron chi connectivity index (χ3n) is 3.02. The normalized spacial score (nSPS) is 25.1. The zero-order valence-corrected chi connectivity index (χ0v) is 11.8. The summed E-state index contributed by atoms with van der Waals surface area (Å²) in [5, 5.41) is 0. The average molecular weight is 248 g/mol. The third kappa shape index (κ3) is 4.93. The molecule has 0 aromatic carbocycles. The molecule has 1 rings (SSSR count). The van der Waals surface area contributed by atoms with Crippen molar-refractivity contribution in [3.05, 3.63) is 0 Å². The zero-order chi connectivity index (χ0) is 12.0. The Bertz CT molecular complexity index is 192. The van der Waals surface area contributed by atoms with Crippen LogP contribution in [0.3, 0.4) is 0 Å². The quantitative estimate of drug-likeness (QED) is 0.462. The second kappa shape index (κ2) is 6.71. The van der Waals surface area contributed by atoms with Crippen LogP contribution in [0.4, 0.5) is 0 Å². The summed E-state index contributed by atoms with van der Waals surface area (Å²) in [5.74, 6) is 0. The van der Waals surface area contributed by atoms with Crippen molar-refractivity contribution >= 4 is 8.56 Å². The molecule has 16 heavy (non-hydrogen) atoms. The fourth-order valence-electron chi connectivity index (χ4n) is 1.27. The van der Waals surface area contributed by atoms with Gasteiger partial charge in [0.2, 0.25) is 0 Å². The lowest BCUT2D eigenvalue weighted by Crippen LogP contribution is -2.39. The van der Waals surface area contributed by atoms with E-state index in [9.17, 15) is 0 Å². The molecule has 0 amide bonds. The molecule has 0 aliphatic carbocycles. The molecule has 1 aliphatic heterocycles. The maximum atomic E-state index is 5.88. The fourth-order valence-corrected chi connectivity index (χ4v) is 2.42. The van der Waals surface area contributed by atoms with Gasteiger partial charge in [0.25, 0.3) is 0 Å². The van der Waals surface area contributed by atoms with Crippen LogP contribution in [0, 0.1) is 0 Å². The van der Waals surface area contributed by atoms with E-state index in [-0.39, 0.29) is 6.10 Å². The summed E-state index contributed by atoms with van der Waals surface area (Å²) in [6.07, 6.45) is 1.45. The van der Waals surface area contributed by atoms with Crippen LogP contribution in [0.5, 0.6) is 0 Å². The molecule has 0 N–H and O–H groups in total. The van der Waals surface area contributed by atoms with Gasteiger partial charge in [-0.1, -0.05) is 13.8 Å². The van der Waals surface area contributed by atoms with Crippen molar-refractivity contribution in [1.29, 1.82) is 0 Å². The lowest BCUT2D eigenvalue weighted by atomic mass is 10.3. The Morgan fingerprint density at radius 2 is 2.12 bits per heavy atom. The molecule has 1 aliphatic rings. The molecule has 0 spiro atoms. The van der Waals surface area contributed by atoms with Crippen LogP contribution >= 0.6 is 0 Å². The Morgan fingerprint density at radius 3 is 2.56 bits per heavy atom. The zero-order valence-electron chi connectivity index (χ0n) is 10.8. The minimum atomic E-state index is -1.93. The van der Waals surface area contributed by atoms with E-state index in [2.05, 4.69) is 20.4 Å². The molecule has 1 heterocycles. The van der Waals surface area contributed by atoms with Crippen molar-refractivity contribution in [2.45, 2.75) is 45.1 Å². The van der Waals surface area contributed by atoms with Crippen molar-refractivity contribution in [2.24, 2.45) is 0 Å². The molecule has 5 heteroatoms. The smallest absolute Gasteiger partial charge is 0.334 e. The lowest BCUT2D eigenvalue weighted by Gasteiger charge is -2.26. The standard InChI is InChI=1S/C11H24O4Si/c1-5-10(13-7-11-8-14-11)9-15-16(4,6-2)12-3/h10-11H,5-9H2,1-4H3. The van der Waals surface area contributed by atoms with E-state index < -0.39 is 8.56 Å². The number of epoxide rings is 1. The van der Waals surface area contributed by atoms with E-state index in [1.54, 1.807) is 7.11 Å². The third-order valence-corrected chi connectivity index (χ3v) is 5.95. The average Bonchev–Trinajstić information content (AvgIpc) is 3.13. The lowest BCUT2D eigenvalue weighted by molar-refractivity contribution is 0.00191. The summed E-state index contributed by atoms with van der Waals surface area (Å²) >= 11 is 0. The van der Waals surface area contributed by atoms with Crippen molar-refractivity contribution in [2.75, 3.05) is 26.9 Å². The van der Waals surface area contributed by atoms with Gasteiger partial charge in [0.15, 0.2) is 0 Å². The minimum Gasteiger partial charge on any atom is -0.398 e. The molecule has 0 aromatic heterocycles. The Hall–Kier alpha value is 0.0569. The topological polar surface area (TPSA) is 40.2 Å². The first-order valence-corrected chi connectivity index (χ1v) is 8.58. The van der Waals surface area contributed by atoms with Crippen LogP contribution in [0.1, 0.15) is 20.3 Å². The highest BCUT2D eigenvalue weighted by atomic mass is 28.4. The summed E-state index contributed by atoms with van der Waals surface area (Å²) in [5.41, 5.74) is 0. The van der Waals surface area contributed by atoms with E-state index in [1.807, 2.05) is 0 Å². The molecule has 0 aromatic rings. The maximum absolute atomic E-state index is 5.88. The van der Waals surface area contributed by atoms with E-state index >= 15 is 0 Å². The second-order valence-electron chi connectivity index (χ2n) is 4.32. The fraction of sp³-hybridized carbons (Fsp3) is 1.00. The Labute approximate surface area is 99.5 Å². The Morgan fingerprint density at radius 1 is 1.44 bits per heavy atom. The second-order valence-corrected chi connectivity index (χ2v) is 7.99. The SMILES string of the molecule is CCC(CO[Si](C)(CC)OC)OCC1CO1. The van der Waals surface area contributed by atoms with Crippen LogP contribution < -0.4 is 0 Å². The largest absolute Gasteiger partial charge is 0.398 e.